The quantitative estimate of drug-likeness (QED) is 0.819. The Morgan fingerprint density at radius 1 is 1.41 bits per heavy atom. The van der Waals surface area contributed by atoms with Crippen LogP contribution in [0.1, 0.15) is 10.4 Å². The third-order valence-corrected chi connectivity index (χ3v) is 2.65. The zero-order valence-corrected chi connectivity index (χ0v) is 10.3. The molecule has 0 spiro atoms. The van der Waals surface area contributed by atoms with E-state index in [-0.39, 0.29) is 5.78 Å². The smallest absolute Gasteiger partial charge is 0.178 e. The van der Waals surface area contributed by atoms with Crippen LogP contribution in [0.25, 0.3) is 10.9 Å². The number of nitrogens with zero attached hydrogens (tertiary/aromatic N) is 1. The summed E-state index contributed by atoms with van der Waals surface area (Å²) >= 11 is 0. The van der Waals surface area contributed by atoms with Gasteiger partial charge in [0.05, 0.1) is 13.7 Å². The molecular formula is C13H16N2O2. The van der Waals surface area contributed by atoms with Crippen molar-refractivity contribution in [3.63, 3.8) is 0 Å². The molecular weight excluding hydrogens is 216 g/mol. The zero-order chi connectivity index (χ0) is 12.4. The lowest BCUT2D eigenvalue weighted by Gasteiger charge is -2.07. The first kappa shape index (κ1) is 11.7. The molecule has 2 rings (SSSR count). The fourth-order valence-electron chi connectivity index (χ4n) is 1.84. The van der Waals surface area contributed by atoms with Gasteiger partial charge in [-0.1, -0.05) is 0 Å². The van der Waals surface area contributed by atoms with Gasteiger partial charge in [-0.15, -0.1) is 0 Å². The lowest BCUT2D eigenvalue weighted by Crippen LogP contribution is -2.21. The third kappa shape index (κ3) is 2.31. The standard InChI is InChI=1S/C13H16N2O2/c1-15(2)8-13(16)11-7-14-12-6-9(17-3)4-5-10(11)12/h4-7,14H,8H2,1-3H3. The lowest BCUT2D eigenvalue weighted by atomic mass is 10.1. The van der Waals surface area contributed by atoms with Crippen LogP contribution in [0.5, 0.6) is 5.75 Å². The summed E-state index contributed by atoms with van der Waals surface area (Å²) < 4.78 is 5.14. The molecule has 90 valence electrons. The summed E-state index contributed by atoms with van der Waals surface area (Å²) in [7, 11) is 5.40. The van der Waals surface area contributed by atoms with E-state index in [1.165, 1.54) is 0 Å². The summed E-state index contributed by atoms with van der Waals surface area (Å²) in [5.74, 6) is 0.900. The van der Waals surface area contributed by atoms with Gasteiger partial charge in [-0.05, 0) is 26.2 Å². The molecule has 0 bridgehead atoms. The molecule has 1 aromatic carbocycles. The summed E-state index contributed by atoms with van der Waals surface area (Å²) in [6.07, 6.45) is 1.76. The summed E-state index contributed by atoms with van der Waals surface area (Å²) in [5, 5.41) is 0.942. The van der Waals surface area contributed by atoms with E-state index in [4.69, 9.17) is 4.74 Å². The number of carbonyl (C=O) groups is 1. The van der Waals surface area contributed by atoms with Gasteiger partial charge in [0.2, 0.25) is 0 Å². The first-order valence-electron chi connectivity index (χ1n) is 5.45. The van der Waals surface area contributed by atoms with Crippen molar-refractivity contribution in [2.24, 2.45) is 0 Å². The number of Topliss-reactive ketones (excluding diaryl/α,β-unsaturated/α-hetero) is 1. The van der Waals surface area contributed by atoms with Gasteiger partial charge >= 0.3 is 0 Å². The Bertz CT molecular complexity index is 543. The normalized spacial score (nSPS) is 11.1. The van der Waals surface area contributed by atoms with Gasteiger partial charge in [0.15, 0.2) is 5.78 Å². The van der Waals surface area contributed by atoms with E-state index >= 15 is 0 Å². The Kier molecular flexibility index (Phi) is 3.15. The van der Waals surface area contributed by atoms with Crippen LogP contribution in [0.3, 0.4) is 0 Å². The number of hydrogen-bond acceptors (Lipinski definition) is 3. The minimum atomic E-state index is 0.117. The number of aromatic nitrogens is 1. The fraction of sp³-hybridized carbons (Fsp3) is 0.308. The summed E-state index contributed by atoms with van der Waals surface area (Å²) in [4.78, 5) is 17.0. The van der Waals surface area contributed by atoms with Gasteiger partial charge in [-0.2, -0.15) is 0 Å². The van der Waals surface area contributed by atoms with Crippen molar-refractivity contribution in [3.05, 3.63) is 30.0 Å². The first-order chi connectivity index (χ1) is 8.11. The Labute approximate surface area is 100 Å². The van der Waals surface area contributed by atoms with E-state index in [0.29, 0.717) is 6.54 Å². The second-order valence-corrected chi connectivity index (χ2v) is 4.27. The lowest BCUT2D eigenvalue weighted by molar-refractivity contribution is 0.0959. The molecule has 17 heavy (non-hydrogen) atoms. The van der Waals surface area contributed by atoms with Crippen molar-refractivity contribution in [2.45, 2.75) is 0 Å². The number of fused-ring (bicyclic) bond motifs is 1. The molecule has 0 atom stereocenters. The molecule has 0 aliphatic heterocycles. The molecule has 1 heterocycles. The number of H-pyrrole nitrogens is 1. The molecule has 0 aliphatic rings. The summed E-state index contributed by atoms with van der Waals surface area (Å²) in [5.41, 5.74) is 1.66. The van der Waals surface area contributed by atoms with Gasteiger partial charge in [0.1, 0.15) is 5.75 Å². The highest BCUT2D eigenvalue weighted by Gasteiger charge is 2.12. The number of methoxy groups -OCH3 is 1. The van der Waals surface area contributed by atoms with E-state index in [1.807, 2.05) is 37.2 Å². The largest absolute Gasteiger partial charge is 0.497 e. The molecule has 0 saturated carbocycles. The molecule has 1 aromatic heterocycles. The number of ether oxygens (including phenoxy) is 1. The Morgan fingerprint density at radius 2 is 2.18 bits per heavy atom. The number of nitrogens with one attached hydrogen (secondary N) is 1. The Morgan fingerprint density at radius 3 is 2.82 bits per heavy atom. The van der Waals surface area contributed by atoms with Crippen LogP contribution in [0.4, 0.5) is 0 Å². The van der Waals surface area contributed by atoms with E-state index in [0.717, 1.165) is 22.2 Å². The number of benzene rings is 1. The molecule has 4 nitrogen and oxygen atoms in total. The van der Waals surface area contributed by atoms with E-state index in [9.17, 15) is 4.79 Å². The maximum Gasteiger partial charge on any atom is 0.178 e. The number of likely N-dealkylation sites (N-methyl/N-ethyl adjacent to an activating group) is 1. The minimum Gasteiger partial charge on any atom is -0.497 e. The van der Waals surface area contributed by atoms with Crippen LogP contribution >= 0.6 is 0 Å². The number of aromatic amines is 1. The molecule has 1 N–H and O–H groups in total. The van der Waals surface area contributed by atoms with Crippen molar-refractivity contribution in [2.75, 3.05) is 27.7 Å². The highest BCUT2D eigenvalue weighted by molar-refractivity contribution is 6.08. The van der Waals surface area contributed by atoms with Crippen LogP contribution in [0.15, 0.2) is 24.4 Å². The van der Waals surface area contributed by atoms with Crippen LogP contribution < -0.4 is 4.74 Å². The molecule has 4 heteroatoms. The summed E-state index contributed by atoms with van der Waals surface area (Å²) in [6.45, 7) is 0.416. The van der Waals surface area contributed by atoms with Gasteiger partial charge in [-0.25, -0.2) is 0 Å². The van der Waals surface area contributed by atoms with Crippen LogP contribution in [-0.4, -0.2) is 43.4 Å². The Balaban J connectivity index is 2.39. The second kappa shape index (κ2) is 4.59. The first-order valence-corrected chi connectivity index (χ1v) is 5.45. The molecule has 0 fully saturated rings. The topological polar surface area (TPSA) is 45.3 Å². The van der Waals surface area contributed by atoms with E-state index in [2.05, 4.69) is 4.98 Å². The number of rotatable bonds is 4. The predicted molar refractivity (Wildman–Crippen MR) is 67.7 cm³/mol. The molecule has 0 radical (unpaired) electrons. The molecule has 0 unspecified atom stereocenters. The maximum atomic E-state index is 12.0. The SMILES string of the molecule is COc1ccc2c(C(=O)CN(C)C)c[nH]c2c1. The number of ketones is 1. The monoisotopic (exact) mass is 232 g/mol. The highest BCUT2D eigenvalue weighted by Crippen LogP contribution is 2.23. The van der Waals surface area contributed by atoms with Crippen molar-refractivity contribution < 1.29 is 9.53 Å². The molecule has 2 aromatic rings. The number of hydrogen-bond donors (Lipinski definition) is 1. The van der Waals surface area contributed by atoms with Gasteiger partial charge in [-0.3, -0.25) is 4.79 Å². The fourth-order valence-corrected chi connectivity index (χ4v) is 1.84. The van der Waals surface area contributed by atoms with Crippen molar-refractivity contribution >= 4 is 16.7 Å². The van der Waals surface area contributed by atoms with Gasteiger partial charge in [0, 0.05) is 28.7 Å². The van der Waals surface area contributed by atoms with Crippen molar-refractivity contribution in [1.82, 2.24) is 9.88 Å². The average molecular weight is 232 g/mol. The Hall–Kier alpha value is -1.81. The second-order valence-electron chi connectivity index (χ2n) is 4.27. The summed E-state index contributed by atoms with van der Waals surface area (Å²) in [6, 6.07) is 5.66. The van der Waals surface area contributed by atoms with E-state index in [1.54, 1.807) is 13.3 Å². The zero-order valence-electron chi connectivity index (χ0n) is 10.3. The van der Waals surface area contributed by atoms with Crippen LogP contribution in [0, 0.1) is 0 Å². The third-order valence-electron chi connectivity index (χ3n) is 2.65. The molecule has 0 amide bonds. The average Bonchev–Trinajstić information content (AvgIpc) is 2.70. The predicted octanol–water partition coefficient (Wildman–Crippen LogP) is 1.92. The van der Waals surface area contributed by atoms with Gasteiger partial charge < -0.3 is 14.6 Å². The molecule has 0 saturated heterocycles. The number of carbonyl (C=O) groups excluding carboxylic acids is 1. The van der Waals surface area contributed by atoms with Crippen LogP contribution in [-0.2, 0) is 0 Å². The molecule has 0 aliphatic carbocycles. The highest BCUT2D eigenvalue weighted by atomic mass is 16.5. The minimum absolute atomic E-state index is 0.117. The van der Waals surface area contributed by atoms with Crippen molar-refractivity contribution in [1.29, 1.82) is 0 Å². The van der Waals surface area contributed by atoms with Crippen LogP contribution in [0.2, 0.25) is 0 Å². The maximum absolute atomic E-state index is 12.0. The van der Waals surface area contributed by atoms with E-state index < -0.39 is 0 Å². The van der Waals surface area contributed by atoms with Gasteiger partial charge in [0.25, 0.3) is 0 Å². The van der Waals surface area contributed by atoms with Crippen molar-refractivity contribution in [3.8, 4) is 5.75 Å².